The Morgan fingerprint density at radius 1 is 1.71 bits per heavy atom. The molecule has 3 heteroatoms. The maximum absolute atomic E-state index is 3.86. The van der Waals surface area contributed by atoms with Gasteiger partial charge in [-0.25, -0.2) is 4.98 Å². The SMILES string of the molecule is Cc1ncc[nH]1.[Ti]. The fourth-order valence-electron chi connectivity index (χ4n) is 0.344. The van der Waals surface area contributed by atoms with Crippen molar-refractivity contribution in [2.45, 2.75) is 6.92 Å². The molecule has 0 aromatic carbocycles. The molecule has 0 aliphatic rings. The molecular formula is C4H6N2Ti. The number of H-pyrrole nitrogens is 1. The van der Waals surface area contributed by atoms with E-state index in [2.05, 4.69) is 9.97 Å². The average Bonchev–Trinajstić information content (AvgIpc) is 1.86. The fourth-order valence-corrected chi connectivity index (χ4v) is 0.344. The molecule has 2 nitrogen and oxygen atoms in total. The van der Waals surface area contributed by atoms with Crippen molar-refractivity contribution in [1.82, 2.24) is 9.97 Å². The zero-order valence-electron chi connectivity index (χ0n) is 4.10. The summed E-state index contributed by atoms with van der Waals surface area (Å²) in [5.74, 6) is 0.968. The maximum Gasteiger partial charge on any atom is 0.102 e. The minimum Gasteiger partial charge on any atom is -0.349 e. The van der Waals surface area contributed by atoms with Gasteiger partial charge in [0.25, 0.3) is 0 Å². The standard InChI is InChI=1S/C4H6N2.Ti/c1-4-5-2-3-6-4;/h2-3H,1H3,(H,5,6);. The third-order valence-corrected chi connectivity index (χ3v) is 0.635. The van der Waals surface area contributed by atoms with Crippen LogP contribution in [0.2, 0.25) is 0 Å². The van der Waals surface area contributed by atoms with Crippen LogP contribution >= 0.6 is 0 Å². The Morgan fingerprint density at radius 3 is 2.57 bits per heavy atom. The molecule has 0 aliphatic heterocycles. The van der Waals surface area contributed by atoms with Crippen LogP contribution in [0.5, 0.6) is 0 Å². The second-order valence-electron chi connectivity index (χ2n) is 1.17. The van der Waals surface area contributed by atoms with Crippen molar-refractivity contribution >= 4 is 0 Å². The van der Waals surface area contributed by atoms with E-state index in [1.165, 1.54) is 0 Å². The van der Waals surface area contributed by atoms with Gasteiger partial charge in [0.05, 0.1) is 0 Å². The summed E-state index contributed by atoms with van der Waals surface area (Å²) >= 11 is 0. The minimum absolute atomic E-state index is 0. The summed E-state index contributed by atoms with van der Waals surface area (Å²) in [6.45, 7) is 1.92. The summed E-state index contributed by atoms with van der Waals surface area (Å²) in [7, 11) is 0. The van der Waals surface area contributed by atoms with E-state index >= 15 is 0 Å². The molecular weight excluding hydrogens is 124 g/mol. The molecule has 0 saturated carbocycles. The summed E-state index contributed by atoms with van der Waals surface area (Å²) in [6.07, 6.45) is 3.53. The Bertz CT molecular complexity index is 113. The predicted octanol–water partition coefficient (Wildman–Crippen LogP) is 0.716. The van der Waals surface area contributed by atoms with Crippen LogP contribution in [0.15, 0.2) is 12.4 Å². The van der Waals surface area contributed by atoms with Gasteiger partial charge in [0.15, 0.2) is 0 Å². The minimum atomic E-state index is 0. The molecule has 0 amide bonds. The average molecular weight is 130 g/mol. The monoisotopic (exact) mass is 130 g/mol. The number of aromatic amines is 1. The Labute approximate surface area is 57.2 Å². The summed E-state index contributed by atoms with van der Waals surface area (Å²) in [5.41, 5.74) is 0. The maximum atomic E-state index is 3.86. The van der Waals surface area contributed by atoms with Gasteiger partial charge in [-0.15, -0.1) is 0 Å². The van der Waals surface area contributed by atoms with Crippen molar-refractivity contribution in [3.8, 4) is 0 Å². The van der Waals surface area contributed by atoms with Crippen molar-refractivity contribution in [3.05, 3.63) is 18.2 Å². The zero-order valence-corrected chi connectivity index (χ0v) is 5.66. The molecule has 0 radical (unpaired) electrons. The second kappa shape index (κ2) is 3.00. The third kappa shape index (κ3) is 1.90. The van der Waals surface area contributed by atoms with Gasteiger partial charge in [-0.05, 0) is 6.92 Å². The van der Waals surface area contributed by atoms with Gasteiger partial charge >= 0.3 is 0 Å². The molecule has 0 aliphatic carbocycles. The smallest absolute Gasteiger partial charge is 0.102 e. The number of rotatable bonds is 0. The Balaban J connectivity index is 0.000000360. The van der Waals surface area contributed by atoms with Gasteiger partial charge in [0, 0.05) is 34.1 Å². The predicted molar refractivity (Wildman–Crippen MR) is 23.3 cm³/mol. The molecule has 0 unspecified atom stereocenters. The molecule has 0 saturated heterocycles. The van der Waals surface area contributed by atoms with Gasteiger partial charge in [0.2, 0.25) is 0 Å². The van der Waals surface area contributed by atoms with Gasteiger partial charge in [-0.1, -0.05) is 0 Å². The number of hydrogen-bond acceptors (Lipinski definition) is 1. The third-order valence-electron chi connectivity index (χ3n) is 0.635. The molecule has 0 spiro atoms. The van der Waals surface area contributed by atoms with Gasteiger partial charge in [-0.3, -0.25) is 0 Å². The number of nitrogens with zero attached hydrogens (tertiary/aromatic N) is 1. The van der Waals surface area contributed by atoms with E-state index < -0.39 is 0 Å². The van der Waals surface area contributed by atoms with E-state index in [1.807, 2.05) is 6.92 Å². The Hall–Kier alpha value is -0.0757. The van der Waals surface area contributed by atoms with Gasteiger partial charge in [0.1, 0.15) is 5.82 Å². The van der Waals surface area contributed by atoms with Crippen molar-refractivity contribution in [2.75, 3.05) is 0 Å². The van der Waals surface area contributed by atoms with Crippen molar-refractivity contribution in [3.63, 3.8) is 0 Å². The number of aromatic nitrogens is 2. The largest absolute Gasteiger partial charge is 0.349 e. The molecule has 0 fully saturated rings. The molecule has 0 atom stereocenters. The first-order chi connectivity index (χ1) is 2.89. The molecule has 1 aromatic rings. The van der Waals surface area contributed by atoms with Crippen LogP contribution < -0.4 is 0 Å². The van der Waals surface area contributed by atoms with E-state index in [0.717, 1.165) is 5.82 Å². The van der Waals surface area contributed by atoms with Crippen molar-refractivity contribution in [1.29, 1.82) is 0 Å². The normalized spacial score (nSPS) is 7.57. The second-order valence-corrected chi connectivity index (χ2v) is 1.17. The van der Waals surface area contributed by atoms with Gasteiger partial charge in [-0.2, -0.15) is 0 Å². The zero-order chi connectivity index (χ0) is 4.41. The molecule has 1 heterocycles. The van der Waals surface area contributed by atoms with Crippen LogP contribution in [0, 0.1) is 6.92 Å². The first-order valence-electron chi connectivity index (χ1n) is 1.85. The molecule has 1 rings (SSSR count). The Kier molecular flexibility index (Phi) is 2.96. The van der Waals surface area contributed by atoms with Crippen LogP contribution in [-0.2, 0) is 21.7 Å². The molecule has 36 valence electrons. The van der Waals surface area contributed by atoms with E-state index in [4.69, 9.17) is 0 Å². The number of aryl methyl sites for hydroxylation is 1. The van der Waals surface area contributed by atoms with Crippen LogP contribution in [0.1, 0.15) is 5.82 Å². The van der Waals surface area contributed by atoms with Crippen LogP contribution in [0.25, 0.3) is 0 Å². The van der Waals surface area contributed by atoms with Crippen LogP contribution in [0.4, 0.5) is 0 Å². The van der Waals surface area contributed by atoms with E-state index in [0.29, 0.717) is 0 Å². The first-order valence-corrected chi connectivity index (χ1v) is 1.85. The van der Waals surface area contributed by atoms with Crippen molar-refractivity contribution < 1.29 is 21.7 Å². The number of hydrogen-bond donors (Lipinski definition) is 1. The summed E-state index contributed by atoms with van der Waals surface area (Å²) in [6, 6.07) is 0. The quantitative estimate of drug-likeness (QED) is 0.515. The molecule has 0 bridgehead atoms. The van der Waals surface area contributed by atoms with E-state index in [9.17, 15) is 0 Å². The van der Waals surface area contributed by atoms with Crippen molar-refractivity contribution in [2.24, 2.45) is 0 Å². The van der Waals surface area contributed by atoms with Crippen LogP contribution in [-0.4, -0.2) is 9.97 Å². The van der Waals surface area contributed by atoms with E-state index in [-0.39, 0.29) is 21.7 Å². The molecule has 1 aromatic heterocycles. The number of nitrogens with one attached hydrogen (secondary N) is 1. The van der Waals surface area contributed by atoms with E-state index in [1.54, 1.807) is 12.4 Å². The fraction of sp³-hybridized carbons (Fsp3) is 0.250. The van der Waals surface area contributed by atoms with Gasteiger partial charge < -0.3 is 4.98 Å². The Morgan fingerprint density at radius 2 is 2.43 bits per heavy atom. The summed E-state index contributed by atoms with van der Waals surface area (Å²) < 4.78 is 0. The summed E-state index contributed by atoms with van der Waals surface area (Å²) in [4.78, 5) is 6.75. The number of imidazole rings is 1. The first kappa shape index (κ1) is 6.92. The summed E-state index contributed by atoms with van der Waals surface area (Å²) in [5, 5.41) is 0. The molecule has 7 heavy (non-hydrogen) atoms. The van der Waals surface area contributed by atoms with Crippen LogP contribution in [0.3, 0.4) is 0 Å². The molecule has 1 N–H and O–H groups in total. The topological polar surface area (TPSA) is 28.7 Å².